The summed E-state index contributed by atoms with van der Waals surface area (Å²) in [4.78, 5) is 12.3. The van der Waals surface area contributed by atoms with E-state index in [0.717, 1.165) is 42.4 Å². The topological polar surface area (TPSA) is 17.1 Å². The van der Waals surface area contributed by atoms with Crippen molar-refractivity contribution in [3.05, 3.63) is 0 Å². The maximum absolute atomic E-state index is 12.3. The van der Waals surface area contributed by atoms with E-state index in [1.165, 1.54) is 51.4 Å². The summed E-state index contributed by atoms with van der Waals surface area (Å²) in [5, 5.41) is 0. The predicted molar refractivity (Wildman–Crippen MR) is 85.9 cm³/mol. The largest absolute Gasteiger partial charge is 0.299 e. The molecule has 0 saturated heterocycles. The van der Waals surface area contributed by atoms with Crippen LogP contribution in [-0.4, -0.2) is 5.78 Å². The van der Waals surface area contributed by atoms with Gasteiger partial charge in [0.05, 0.1) is 0 Å². The fourth-order valence-corrected chi connectivity index (χ4v) is 7.13. The average Bonchev–Trinajstić information content (AvgIpc) is 2.88. The number of carbonyl (C=O) groups is 1. The molecule has 1 heteroatoms. The zero-order chi connectivity index (χ0) is 14.6. The molecular weight excluding hydrogens is 256 g/mol. The monoisotopic (exact) mass is 288 g/mol. The van der Waals surface area contributed by atoms with Crippen LogP contribution >= 0.6 is 0 Å². The molecule has 0 spiro atoms. The molecule has 0 aromatic heterocycles. The molecule has 1 nitrogen and oxygen atoms in total. The molecule has 0 bridgehead atoms. The van der Waals surface area contributed by atoms with E-state index in [4.69, 9.17) is 0 Å². The minimum atomic E-state index is 0.405. The first kappa shape index (κ1) is 14.3. The van der Waals surface area contributed by atoms with Gasteiger partial charge in [-0.25, -0.2) is 0 Å². The van der Waals surface area contributed by atoms with Crippen molar-refractivity contribution < 1.29 is 4.79 Å². The lowest BCUT2D eigenvalue weighted by atomic mass is 9.50. The number of hydrogen-bond acceptors (Lipinski definition) is 1. The molecule has 0 amide bonds. The molecule has 21 heavy (non-hydrogen) atoms. The summed E-state index contributed by atoms with van der Waals surface area (Å²) in [6.07, 6.45) is 13.5. The van der Waals surface area contributed by atoms with Crippen LogP contribution in [0.25, 0.3) is 0 Å². The van der Waals surface area contributed by atoms with E-state index in [-0.39, 0.29) is 0 Å². The normalized spacial score (nSPS) is 53.0. The molecule has 4 fully saturated rings. The van der Waals surface area contributed by atoms with Crippen LogP contribution < -0.4 is 0 Å². The van der Waals surface area contributed by atoms with Crippen LogP contribution in [0.3, 0.4) is 0 Å². The van der Waals surface area contributed by atoms with Crippen LogP contribution in [0.4, 0.5) is 0 Å². The molecule has 118 valence electrons. The molecule has 4 aliphatic carbocycles. The lowest BCUT2D eigenvalue weighted by molar-refractivity contribution is -0.133. The summed E-state index contributed by atoms with van der Waals surface area (Å²) < 4.78 is 0. The third-order valence-corrected chi connectivity index (χ3v) is 8.27. The van der Waals surface area contributed by atoms with Crippen LogP contribution in [0.1, 0.15) is 78.1 Å². The highest BCUT2D eigenvalue weighted by atomic mass is 16.1. The summed E-state index contributed by atoms with van der Waals surface area (Å²) in [6, 6.07) is 0. The van der Waals surface area contributed by atoms with E-state index in [0.29, 0.717) is 17.1 Å². The van der Waals surface area contributed by atoms with Crippen LogP contribution in [0.15, 0.2) is 0 Å². The summed E-state index contributed by atoms with van der Waals surface area (Å²) >= 11 is 0. The van der Waals surface area contributed by atoms with Crippen LogP contribution in [0, 0.1) is 40.9 Å². The average molecular weight is 288 g/mol. The highest BCUT2D eigenvalue weighted by Crippen LogP contribution is 2.62. The van der Waals surface area contributed by atoms with Crippen LogP contribution in [-0.2, 0) is 4.79 Å². The van der Waals surface area contributed by atoms with E-state index < -0.39 is 0 Å². The van der Waals surface area contributed by atoms with Gasteiger partial charge in [-0.05, 0) is 86.4 Å². The molecule has 0 N–H and O–H groups in total. The van der Waals surface area contributed by atoms with Gasteiger partial charge in [0.2, 0.25) is 0 Å². The quantitative estimate of drug-likeness (QED) is 0.645. The lowest BCUT2D eigenvalue weighted by Gasteiger charge is -2.55. The fourth-order valence-electron chi connectivity index (χ4n) is 7.13. The van der Waals surface area contributed by atoms with E-state index in [2.05, 4.69) is 13.8 Å². The summed E-state index contributed by atoms with van der Waals surface area (Å²) in [7, 11) is 0. The molecule has 0 aromatic carbocycles. The number of fused-ring (bicyclic) bond motifs is 5. The lowest BCUT2D eigenvalue weighted by Crippen LogP contribution is -2.48. The zero-order valence-corrected chi connectivity index (χ0v) is 13.9. The van der Waals surface area contributed by atoms with Gasteiger partial charge in [-0.1, -0.05) is 20.3 Å². The second kappa shape index (κ2) is 5.10. The van der Waals surface area contributed by atoms with Crippen LogP contribution in [0.5, 0.6) is 0 Å². The van der Waals surface area contributed by atoms with E-state index in [9.17, 15) is 4.79 Å². The molecule has 2 unspecified atom stereocenters. The van der Waals surface area contributed by atoms with Gasteiger partial charge in [0.1, 0.15) is 5.78 Å². The maximum atomic E-state index is 12.3. The first-order valence-corrected chi connectivity index (χ1v) is 9.65. The summed E-state index contributed by atoms with van der Waals surface area (Å²) in [6.45, 7) is 4.81. The van der Waals surface area contributed by atoms with Crippen molar-refractivity contribution in [1.82, 2.24) is 0 Å². The van der Waals surface area contributed by atoms with Gasteiger partial charge in [-0.2, -0.15) is 0 Å². The molecule has 0 radical (unpaired) electrons. The Hall–Kier alpha value is -0.330. The minimum absolute atomic E-state index is 0.405. The predicted octanol–water partition coefficient (Wildman–Crippen LogP) is 5.23. The Bertz CT molecular complexity index is 428. The SMILES string of the molecule is CCC1C[C@H]2C(CC[C@@H]3[C@@H]2CC[C@]2(C)CCC[C@@H]32)CC1=O. The zero-order valence-electron chi connectivity index (χ0n) is 13.9. The molecular formula is C20H32O. The Labute approximate surface area is 130 Å². The molecule has 4 aliphatic rings. The van der Waals surface area contributed by atoms with Gasteiger partial charge >= 0.3 is 0 Å². The number of Topliss-reactive ketones (excluding diaryl/α,β-unsaturated/α-hetero) is 1. The second-order valence-electron chi connectivity index (χ2n) is 9.03. The van der Waals surface area contributed by atoms with Gasteiger partial charge in [0, 0.05) is 12.3 Å². The Morgan fingerprint density at radius 3 is 2.71 bits per heavy atom. The summed E-state index contributed by atoms with van der Waals surface area (Å²) in [5.41, 5.74) is 0.683. The summed E-state index contributed by atoms with van der Waals surface area (Å²) in [5.74, 6) is 5.67. The van der Waals surface area contributed by atoms with E-state index >= 15 is 0 Å². The van der Waals surface area contributed by atoms with Crippen molar-refractivity contribution in [2.45, 2.75) is 78.1 Å². The van der Waals surface area contributed by atoms with Gasteiger partial charge in [0.15, 0.2) is 0 Å². The van der Waals surface area contributed by atoms with Crippen molar-refractivity contribution in [2.24, 2.45) is 40.9 Å². The van der Waals surface area contributed by atoms with Crippen LogP contribution in [0.2, 0.25) is 0 Å². The van der Waals surface area contributed by atoms with Crippen molar-refractivity contribution in [1.29, 1.82) is 0 Å². The number of hydrogen-bond donors (Lipinski definition) is 0. The molecule has 0 heterocycles. The van der Waals surface area contributed by atoms with Gasteiger partial charge in [-0.15, -0.1) is 0 Å². The second-order valence-corrected chi connectivity index (χ2v) is 9.03. The van der Waals surface area contributed by atoms with Crippen molar-refractivity contribution in [3.63, 3.8) is 0 Å². The van der Waals surface area contributed by atoms with Gasteiger partial charge < -0.3 is 0 Å². The third kappa shape index (κ3) is 2.13. The smallest absolute Gasteiger partial charge is 0.136 e. The number of carbonyl (C=O) groups excluding carboxylic acids is 1. The maximum Gasteiger partial charge on any atom is 0.136 e. The Kier molecular flexibility index (Phi) is 3.47. The minimum Gasteiger partial charge on any atom is -0.299 e. The first-order chi connectivity index (χ1) is 10.1. The Balaban J connectivity index is 1.57. The highest BCUT2D eigenvalue weighted by molar-refractivity contribution is 5.82. The molecule has 4 rings (SSSR count). The van der Waals surface area contributed by atoms with Crippen molar-refractivity contribution in [2.75, 3.05) is 0 Å². The Morgan fingerprint density at radius 1 is 1.05 bits per heavy atom. The molecule has 4 saturated carbocycles. The Morgan fingerprint density at radius 2 is 1.90 bits per heavy atom. The third-order valence-electron chi connectivity index (χ3n) is 8.27. The standard InChI is InChI=1S/C20H32O/c1-3-13-11-17-14(12-19(13)21)6-7-16-15(17)8-10-20(2)9-4-5-18(16)20/h13-18H,3-12H2,1-2H3/t13?,14?,15-,16+,17-,18-,20-/m0/s1. The van der Waals surface area contributed by atoms with Crippen molar-refractivity contribution in [3.8, 4) is 0 Å². The molecule has 0 aromatic rings. The van der Waals surface area contributed by atoms with Gasteiger partial charge in [-0.3, -0.25) is 4.79 Å². The first-order valence-electron chi connectivity index (χ1n) is 9.65. The van der Waals surface area contributed by atoms with Gasteiger partial charge in [0.25, 0.3) is 0 Å². The fraction of sp³-hybridized carbons (Fsp3) is 0.950. The highest BCUT2D eigenvalue weighted by Gasteiger charge is 2.54. The number of rotatable bonds is 1. The van der Waals surface area contributed by atoms with E-state index in [1.54, 1.807) is 0 Å². The van der Waals surface area contributed by atoms with Crippen molar-refractivity contribution >= 4 is 5.78 Å². The molecule has 7 atom stereocenters. The number of ketones is 1. The molecule has 0 aliphatic heterocycles. The van der Waals surface area contributed by atoms with E-state index in [1.807, 2.05) is 0 Å².